The van der Waals surface area contributed by atoms with E-state index >= 15 is 0 Å². The summed E-state index contributed by atoms with van der Waals surface area (Å²) in [6.45, 7) is 3.68. The van der Waals surface area contributed by atoms with Gasteiger partial charge in [-0.05, 0) is 0 Å². The van der Waals surface area contributed by atoms with E-state index in [0.29, 0.717) is 32.3 Å². The Morgan fingerprint density at radius 2 is 2.32 bits per heavy atom. The maximum absolute atomic E-state index is 10.5. The molecule has 19 heavy (non-hydrogen) atoms. The molecule has 0 spiro atoms. The number of rotatable bonds is 4. The van der Waals surface area contributed by atoms with Gasteiger partial charge in [0, 0.05) is 13.1 Å². The van der Waals surface area contributed by atoms with Crippen molar-refractivity contribution in [3.8, 4) is 0 Å². The molecule has 0 amide bonds. The van der Waals surface area contributed by atoms with Crippen LogP contribution in [0, 0.1) is 10.1 Å². The molecule has 2 N–H and O–H groups in total. The van der Waals surface area contributed by atoms with E-state index in [2.05, 4.69) is 10.1 Å². The minimum absolute atomic E-state index is 0.0230. The summed E-state index contributed by atoms with van der Waals surface area (Å²) in [6.07, 6.45) is 2.59. The molecule has 0 aliphatic carbocycles. The summed E-state index contributed by atoms with van der Waals surface area (Å²) in [7, 11) is 0. The van der Waals surface area contributed by atoms with Gasteiger partial charge in [-0.25, -0.2) is 0 Å². The number of hydrogen-bond acceptors (Lipinski definition) is 5. The van der Waals surface area contributed by atoms with E-state index in [1.54, 1.807) is 0 Å². The van der Waals surface area contributed by atoms with Crippen LogP contribution in [0.3, 0.4) is 0 Å². The monoisotopic (exact) mass is 268 g/mol. The Balaban J connectivity index is 1.82. The number of guanidine groups is 1. The van der Waals surface area contributed by atoms with Crippen LogP contribution in [0.25, 0.3) is 0 Å². The second-order valence-corrected chi connectivity index (χ2v) is 4.06. The Kier molecular flexibility index (Phi) is 4.29. The molecule has 1 aliphatic rings. The lowest BCUT2D eigenvalue weighted by Crippen LogP contribution is -2.44. The quantitative estimate of drug-likeness (QED) is 0.339. The van der Waals surface area contributed by atoms with Crippen molar-refractivity contribution >= 4 is 11.6 Å². The fraction of sp³-hybridized carbons (Fsp3) is 0.600. The molecule has 1 aromatic heterocycles. The van der Waals surface area contributed by atoms with Crippen molar-refractivity contribution in [3.05, 3.63) is 22.5 Å². The highest BCUT2D eigenvalue weighted by molar-refractivity contribution is 5.78. The summed E-state index contributed by atoms with van der Waals surface area (Å²) in [5, 5.41) is 14.4. The molecule has 104 valence electrons. The SMILES string of the molecule is NC(=NCCn1cc([N+](=O)[O-])cn1)N1CCOCC1. The van der Waals surface area contributed by atoms with Crippen LogP contribution in [0.2, 0.25) is 0 Å². The Morgan fingerprint density at radius 3 is 2.95 bits per heavy atom. The van der Waals surface area contributed by atoms with Gasteiger partial charge in [0.05, 0.1) is 31.2 Å². The van der Waals surface area contributed by atoms with Crippen molar-refractivity contribution in [3.63, 3.8) is 0 Å². The number of nitro groups is 1. The fourth-order valence-electron chi connectivity index (χ4n) is 1.73. The molecule has 9 heteroatoms. The van der Waals surface area contributed by atoms with Crippen molar-refractivity contribution in [2.45, 2.75) is 6.54 Å². The maximum atomic E-state index is 10.5. The van der Waals surface area contributed by atoms with E-state index in [1.807, 2.05) is 4.90 Å². The summed E-state index contributed by atoms with van der Waals surface area (Å²) >= 11 is 0. The predicted octanol–water partition coefficient (Wildman–Crippen LogP) is -0.562. The van der Waals surface area contributed by atoms with Gasteiger partial charge < -0.3 is 15.4 Å². The zero-order chi connectivity index (χ0) is 13.7. The number of nitrogens with two attached hydrogens (primary N) is 1. The predicted molar refractivity (Wildman–Crippen MR) is 67.8 cm³/mol. The summed E-state index contributed by atoms with van der Waals surface area (Å²) in [5.41, 5.74) is 5.83. The van der Waals surface area contributed by atoms with Gasteiger partial charge in [-0.2, -0.15) is 5.10 Å². The molecular formula is C10H16N6O3. The largest absolute Gasteiger partial charge is 0.378 e. The third kappa shape index (κ3) is 3.65. The maximum Gasteiger partial charge on any atom is 0.306 e. The normalized spacial score (nSPS) is 16.6. The molecule has 1 fully saturated rings. The zero-order valence-corrected chi connectivity index (χ0v) is 10.4. The first-order chi connectivity index (χ1) is 9.16. The third-order valence-corrected chi connectivity index (χ3v) is 2.77. The summed E-state index contributed by atoms with van der Waals surface area (Å²) < 4.78 is 6.70. The zero-order valence-electron chi connectivity index (χ0n) is 10.4. The molecule has 2 heterocycles. The molecule has 0 radical (unpaired) electrons. The average Bonchev–Trinajstić information content (AvgIpc) is 2.89. The third-order valence-electron chi connectivity index (χ3n) is 2.77. The smallest absolute Gasteiger partial charge is 0.306 e. The van der Waals surface area contributed by atoms with E-state index < -0.39 is 4.92 Å². The van der Waals surface area contributed by atoms with Crippen LogP contribution >= 0.6 is 0 Å². The molecule has 1 aliphatic heterocycles. The minimum atomic E-state index is -0.477. The molecule has 1 aromatic rings. The lowest BCUT2D eigenvalue weighted by Gasteiger charge is -2.27. The van der Waals surface area contributed by atoms with Crippen LogP contribution in [0.5, 0.6) is 0 Å². The van der Waals surface area contributed by atoms with Gasteiger partial charge >= 0.3 is 5.69 Å². The van der Waals surface area contributed by atoms with Gasteiger partial charge in [0.15, 0.2) is 5.96 Å². The summed E-state index contributed by atoms with van der Waals surface area (Å²) in [4.78, 5) is 16.2. The number of aliphatic imine (C=N–C) groups is 1. The van der Waals surface area contributed by atoms with Crippen molar-refractivity contribution in [2.75, 3.05) is 32.8 Å². The molecule has 0 bridgehead atoms. The highest BCUT2D eigenvalue weighted by Gasteiger charge is 2.12. The standard InChI is InChI=1S/C10H16N6O3/c11-10(14-3-5-19-6-4-14)12-1-2-15-8-9(7-13-15)16(17)18/h7-8H,1-6H2,(H2,11,12). The van der Waals surface area contributed by atoms with E-state index in [-0.39, 0.29) is 5.69 Å². The second kappa shape index (κ2) is 6.14. The number of ether oxygens (including phenoxy) is 1. The minimum Gasteiger partial charge on any atom is -0.378 e. The summed E-state index contributed by atoms with van der Waals surface area (Å²) in [6, 6.07) is 0. The topological polar surface area (TPSA) is 112 Å². The Hall–Kier alpha value is -2.16. The molecule has 2 rings (SSSR count). The Bertz CT molecular complexity index is 466. The van der Waals surface area contributed by atoms with Crippen LogP contribution in [0.4, 0.5) is 5.69 Å². The Labute approximate surface area is 109 Å². The Morgan fingerprint density at radius 1 is 1.58 bits per heavy atom. The number of nitrogens with zero attached hydrogens (tertiary/aromatic N) is 5. The van der Waals surface area contributed by atoms with E-state index in [9.17, 15) is 10.1 Å². The highest BCUT2D eigenvalue weighted by atomic mass is 16.6. The second-order valence-electron chi connectivity index (χ2n) is 4.06. The first-order valence-electron chi connectivity index (χ1n) is 5.96. The van der Waals surface area contributed by atoms with Gasteiger partial charge in [0.1, 0.15) is 12.4 Å². The molecular weight excluding hydrogens is 252 g/mol. The van der Waals surface area contributed by atoms with Gasteiger partial charge in [0.2, 0.25) is 0 Å². The molecule has 0 saturated carbocycles. The van der Waals surface area contributed by atoms with Crippen molar-refractivity contribution in [1.82, 2.24) is 14.7 Å². The van der Waals surface area contributed by atoms with Gasteiger partial charge in [0.25, 0.3) is 0 Å². The average molecular weight is 268 g/mol. The first-order valence-corrected chi connectivity index (χ1v) is 5.96. The fourth-order valence-corrected chi connectivity index (χ4v) is 1.73. The number of morpholine rings is 1. The van der Waals surface area contributed by atoms with Crippen LogP contribution < -0.4 is 5.73 Å². The first kappa shape index (κ1) is 13.3. The lowest BCUT2D eigenvalue weighted by atomic mass is 10.4. The van der Waals surface area contributed by atoms with Crippen LogP contribution in [-0.2, 0) is 11.3 Å². The number of aromatic nitrogens is 2. The van der Waals surface area contributed by atoms with Gasteiger partial charge in [-0.1, -0.05) is 0 Å². The van der Waals surface area contributed by atoms with Crippen LogP contribution in [0.1, 0.15) is 0 Å². The number of hydrogen-bond donors (Lipinski definition) is 1. The van der Waals surface area contributed by atoms with Crippen LogP contribution in [-0.4, -0.2) is 58.4 Å². The molecule has 1 saturated heterocycles. The van der Waals surface area contributed by atoms with Crippen LogP contribution in [0.15, 0.2) is 17.4 Å². The van der Waals surface area contributed by atoms with E-state index in [0.717, 1.165) is 13.1 Å². The van der Waals surface area contributed by atoms with Crippen molar-refractivity contribution < 1.29 is 9.66 Å². The van der Waals surface area contributed by atoms with Gasteiger partial charge in [-0.3, -0.25) is 19.8 Å². The highest BCUT2D eigenvalue weighted by Crippen LogP contribution is 2.07. The van der Waals surface area contributed by atoms with Gasteiger partial charge in [-0.15, -0.1) is 0 Å². The van der Waals surface area contributed by atoms with Crippen molar-refractivity contribution in [2.24, 2.45) is 10.7 Å². The van der Waals surface area contributed by atoms with E-state index in [1.165, 1.54) is 17.1 Å². The summed E-state index contributed by atoms with van der Waals surface area (Å²) in [5.74, 6) is 0.477. The molecule has 0 atom stereocenters. The lowest BCUT2D eigenvalue weighted by molar-refractivity contribution is -0.385. The molecule has 0 aromatic carbocycles. The van der Waals surface area contributed by atoms with Crippen molar-refractivity contribution in [1.29, 1.82) is 0 Å². The molecule has 0 unspecified atom stereocenters. The van der Waals surface area contributed by atoms with E-state index in [4.69, 9.17) is 10.5 Å². The molecule has 9 nitrogen and oxygen atoms in total.